The van der Waals surface area contributed by atoms with Gasteiger partial charge < -0.3 is 0 Å². The Morgan fingerprint density at radius 1 is 0.600 bits per heavy atom. The summed E-state index contributed by atoms with van der Waals surface area (Å²) in [6, 6.07) is 2.47. The average molecular weight is 279 g/mol. The van der Waals surface area contributed by atoms with Crippen molar-refractivity contribution < 1.29 is 0 Å². The molecule has 20 heavy (non-hydrogen) atoms. The normalized spacial score (nSPS) is 34.5. The summed E-state index contributed by atoms with van der Waals surface area (Å²) in [7, 11) is 0. The van der Waals surface area contributed by atoms with Gasteiger partial charge in [-0.15, -0.1) is 0 Å². The first kappa shape index (κ1) is 14.8. The molecule has 2 bridgehead atoms. The molecule has 0 saturated carbocycles. The van der Waals surface area contributed by atoms with E-state index in [1.807, 2.05) is 0 Å². The van der Waals surface area contributed by atoms with Crippen molar-refractivity contribution in [2.75, 3.05) is 26.2 Å². The maximum Gasteiger partial charge on any atom is 0.0357 e. The van der Waals surface area contributed by atoms with E-state index in [9.17, 15) is 0 Å². The smallest absolute Gasteiger partial charge is 0.0357 e. The molecular weight excluding hydrogens is 246 g/mol. The minimum Gasteiger partial charge on any atom is -0.295 e. The Labute approximate surface area is 125 Å². The highest BCUT2D eigenvalue weighted by atomic mass is 15.4. The molecule has 0 amide bonds. The lowest BCUT2D eigenvalue weighted by atomic mass is 9.94. The Balaban J connectivity index is 1.62. The molecule has 3 heterocycles. The number of rotatable bonds is 1. The summed E-state index contributed by atoms with van der Waals surface area (Å²) in [6.45, 7) is 19.3. The van der Waals surface area contributed by atoms with Crippen LogP contribution in [0.2, 0.25) is 0 Å². The van der Waals surface area contributed by atoms with Crippen molar-refractivity contribution in [1.29, 1.82) is 0 Å². The van der Waals surface area contributed by atoms with E-state index in [0.29, 0.717) is 11.1 Å². The van der Waals surface area contributed by atoms with Crippen LogP contribution in [0.25, 0.3) is 0 Å². The predicted octanol–water partition coefficient (Wildman–Crippen LogP) is 2.42. The summed E-state index contributed by atoms with van der Waals surface area (Å²) in [5.74, 6) is 0. The average Bonchev–Trinajstić information content (AvgIpc) is 2.47. The minimum atomic E-state index is 0.337. The van der Waals surface area contributed by atoms with Crippen molar-refractivity contribution in [3.8, 4) is 0 Å². The SMILES string of the molecule is CC(C)(C)N1CC2CCC(C1)N2C1CN(C(C)(C)C)C1. The molecule has 0 radical (unpaired) electrons. The number of hydrogen-bond acceptors (Lipinski definition) is 3. The minimum absolute atomic E-state index is 0.337. The number of piperazine rings is 1. The van der Waals surface area contributed by atoms with E-state index >= 15 is 0 Å². The standard InChI is InChI=1S/C17H33N3/c1-16(2,3)18-9-13-7-8-14(10-18)20(13)15-11-19(12-15)17(4,5)6/h13-15H,7-12H2,1-6H3. The van der Waals surface area contributed by atoms with Gasteiger partial charge in [-0.3, -0.25) is 14.7 Å². The van der Waals surface area contributed by atoms with Gasteiger partial charge in [-0.2, -0.15) is 0 Å². The Kier molecular flexibility index (Phi) is 3.47. The first-order chi connectivity index (χ1) is 9.16. The van der Waals surface area contributed by atoms with E-state index in [4.69, 9.17) is 0 Å². The van der Waals surface area contributed by atoms with Gasteiger partial charge in [0.25, 0.3) is 0 Å². The van der Waals surface area contributed by atoms with Crippen LogP contribution < -0.4 is 0 Å². The van der Waals surface area contributed by atoms with Crippen molar-refractivity contribution in [3.05, 3.63) is 0 Å². The number of nitrogens with zero attached hydrogens (tertiary/aromatic N) is 3. The summed E-state index contributed by atoms with van der Waals surface area (Å²) in [6.07, 6.45) is 2.84. The molecule has 3 saturated heterocycles. The van der Waals surface area contributed by atoms with E-state index in [0.717, 1.165) is 18.1 Å². The topological polar surface area (TPSA) is 9.72 Å². The van der Waals surface area contributed by atoms with Crippen molar-refractivity contribution in [1.82, 2.24) is 14.7 Å². The molecule has 0 aromatic carbocycles. The van der Waals surface area contributed by atoms with Crippen molar-refractivity contribution in [2.24, 2.45) is 0 Å². The summed E-state index contributed by atoms with van der Waals surface area (Å²) in [5.41, 5.74) is 0.687. The quantitative estimate of drug-likeness (QED) is 0.730. The fourth-order valence-electron chi connectivity index (χ4n) is 4.27. The molecule has 0 aromatic rings. The highest BCUT2D eigenvalue weighted by molar-refractivity contribution is 5.05. The highest BCUT2D eigenvalue weighted by Crippen LogP contribution is 2.37. The molecule has 0 aromatic heterocycles. The largest absolute Gasteiger partial charge is 0.295 e. The third kappa shape index (κ3) is 2.53. The van der Waals surface area contributed by atoms with Gasteiger partial charge in [-0.05, 0) is 54.4 Å². The van der Waals surface area contributed by atoms with E-state index < -0.39 is 0 Å². The third-order valence-electron chi connectivity index (χ3n) is 5.72. The summed E-state index contributed by atoms with van der Waals surface area (Å²) in [5, 5.41) is 0. The van der Waals surface area contributed by atoms with Gasteiger partial charge >= 0.3 is 0 Å². The lowest BCUT2D eigenvalue weighted by Gasteiger charge is -2.56. The van der Waals surface area contributed by atoms with Gasteiger partial charge in [0, 0.05) is 55.4 Å². The van der Waals surface area contributed by atoms with Gasteiger partial charge in [-0.25, -0.2) is 0 Å². The summed E-state index contributed by atoms with van der Waals surface area (Å²) in [4.78, 5) is 8.24. The Morgan fingerprint density at radius 3 is 1.30 bits per heavy atom. The molecule has 3 rings (SSSR count). The van der Waals surface area contributed by atoms with Gasteiger partial charge in [-0.1, -0.05) is 0 Å². The van der Waals surface area contributed by atoms with Gasteiger partial charge in [0.2, 0.25) is 0 Å². The van der Waals surface area contributed by atoms with Crippen LogP contribution in [0.3, 0.4) is 0 Å². The molecule has 3 heteroatoms. The zero-order chi connectivity index (χ0) is 14.7. The van der Waals surface area contributed by atoms with Gasteiger partial charge in [0.1, 0.15) is 0 Å². The zero-order valence-electron chi connectivity index (χ0n) is 14.3. The molecule has 2 atom stereocenters. The summed E-state index contributed by atoms with van der Waals surface area (Å²) >= 11 is 0. The molecule has 0 aliphatic carbocycles. The predicted molar refractivity (Wildman–Crippen MR) is 85.1 cm³/mol. The van der Waals surface area contributed by atoms with Crippen LogP contribution in [-0.2, 0) is 0 Å². The lowest BCUT2D eigenvalue weighted by Crippen LogP contribution is -2.70. The molecule has 2 unspecified atom stereocenters. The maximum atomic E-state index is 2.89. The first-order valence-corrected chi connectivity index (χ1v) is 8.44. The molecule has 3 nitrogen and oxygen atoms in total. The van der Waals surface area contributed by atoms with Crippen LogP contribution >= 0.6 is 0 Å². The monoisotopic (exact) mass is 279 g/mol. The van der Waals surface area contributed by atoms with Gasteiger partial charge in [0.05, 0.1) is 0 Å². The molecule has 0 N–H and O–H groups in total. The first-order valence-electron chi connectivity index (χ1n) is 8.44. The van der Waals surface area contributed by atoms with Crippen molar-refractivity contribution in [3.63, 3.8) is 0 Å². The molecule has 3 aliphatic rings. The second-order valence-corrected chi connectivity index (χ2v) is 9.14. The molecule has 3 fully saturated rings. The Bertz CT molecular complexity index is 345. The highest BCUT2D eigenvalue weighted by Gasteiger charge is 2.49. The van der Waals surface area contributed by atoms with E-state index in [1.165, 1.54) is 39.0 Å². The molecule has 0 spiro atoms. The fraction of sp³-hybridized carbons (Fsp3) is 1.00. The van der Waals surface area contributed by atoms with Crippen LogP contribution in [0.4, 0.5) is 0 Å². The fourth-order valence-corrected chi connectivity index (χ4v) is 4.27. The van der Waals surface area contributed by atoms with E-state index in [1.54, 1.807) is 0 Å². The van der Waals surface area contributed by atoms with Gasteiger partial charge in [0.15, 0.2) is 0 Å². The molecule has 3 aliphatic heterocycles. The van der Waals surface area contributed by atoms with Crippen LogP contribution in [0.5, 0.6) is 0 Å². The number of hydrogen-bond donors (Lipinski definition) is 0. The maximum absolute atomic E-state index is 2.89. The van der Waals surface area contributed by atoms with Crippen molar-refractivity contribution >= 4 is 0 Å². The van der Waals surface area contributed by atoms with Crippen molar-refractivity contribution in [2.45, 2.75) is 83.6 Å². The lowest BCUT2D eigenvalue weighted by molar-refractivity contribution is -0.0769. The van der Waals surface area contributed by atoms with Crippen LogP contribution in [0.1, 0.15) is 54.4 Å². The molecular formula is C17H33N3. The Hall–Kier alpha value is -0.120. The second kappa shape index (κ2) is 4.69. The molecule has 116 valence electrons. The van der Waals surface area contributed by atoms with Crippen LogP contribution in [0, 0.1) is 0 Å². The van der Waals surface area contributed by atoms with Crippen LogP contribution in [-0.4, -0.2) is 70.1 Å². The van der Waals surface area contributed by atoms with E-state index in [2.05, 4.69) is 56.2 Å². The van der Waals surface area contributed by atoms with E-state index in [-0.39, 0.29) is 0 Å². The number of fused-ring (bicyclic) bond motifs is 2. The second-order valence-electron chi connectivity index (χ2n) is 9.14. The number of likely N-dealkylation sites (tertiary alicyclic amines) is 2. The summed E-state index contributed by atoms with van der Waals surface area (Å²) < 4.78 is 0. The zero-order valence-corrected chi connectivity index (χ0v) is 14.3. The Morgan fingerprint density at radius 2 is 0.950 bits per heavy atom. The van der Waals surface area contributed by atoms with Crippen LogP contribution in [0.15, 0.2) is 0 Å². The third-order valence-corrected chi connectivity index (χ3v) is 5.72.